The van der Waals surface area contributed by atoms with Gasteiger partial charge in [0.1, 0.15) is 24.1 Å². The van der Waals surface area contributed by atoms with Gasteiger partial charge in [-0.1, -0.05) is 77.5 Å². The van der Waals surface area contributed by atoms with Crippen LogP contribution in [0.2, 0.25) is 0 Å². The molecule has 0 spiro atoms. The zero-order valence-corrected chi connectivity index (χ0v) is 28.5. The van der Waals surface area contributed by atoms with Gasteiger partial charge in [-0.3, -0.25) is 13.9 Å². The van der Waals surface area contributed by atoms with E-state index in [1.807, 2.05) is 61.5 Å². The van der Waals surface area contributed by atoms with Crippen LogP contribution in [-0.4, -0.2) is 58.5 Å². The third-order valence-electron chi connectivity index (χ3n) is 7.37. The number of carbonyl (C=O) groups excluding carboxylic acids is 2. The Labute approximate surface area is 279 Å². The number of nitrogens with zero attached hydrogens (tertiary/aromatic N) is 2. The second kappa shape index (κ2) is 16.3. The third kappa shape index (κ3) is 8.67. The van der Waals surface area contributed by atoms with E-state index in [0.29, 0.717) is 18.7 Å². The standard InChI is InChI=1S/C35H38BrN3O6S/c1-4-22-37-35(41)32(23-26-10-6-5-7-11-26)38(24-27-14-16-28(36)17-15-27)34(40)25-39(31-12-8-9-13-33(31)45-3)46(42,43)30-20-18-29(44-2)19-21-30/h5-21,32H,4,22-25H2,1-3H3,(H,37,41). The van der Waals surface area contributed by atoms with Crippen molar-refractivity contribution in [1.29, 1.82) is 0 Å². The van der Waals surface area contributed by atoms with E-state index in [9.17, 15) is 18.0 Å². The van der Waals surface area contributed by atoms with E-state index in [-0.39, 0.29) is 35.2 Å². The maximum Gasteiger partial charge on any atom is 0.264 e. The molecule has 242 valence electrons. The van der Waals surface area contributed by atoms with E-state index in [4.69, 9.17) is 9.47 Å². The van der Waals surface area contributed by atoms with Crippen LogP contribution in [0.15, 0.2) is 112 Å². The first-order chi connectivity index (χ1) is 22.2. The van der Waals surface area contributed by atoms with Gasteiger partial charge < -0.3 is 19.7 Å². The summed E-state index contributed by atoms with van der Waals surface area (Å²) in [6, 6.07) is 28.5. The quantitative estimate of drug-likeness (QED) is 0.167. The van der Waals surface area contributed by atoms with Gasteiger partial charge in [-0.2, -0.15) is 0 Å². The average Bonchev–Trinajstić information content (AvgIpc) is 3.08. The Bertz CT molecular complexity index is 1700. The number of nitrogens with one attached hydrogen (secondary N) is 1. The first kappa shape index (κ1) is 34.5. The summed E-state index contributed by atoms with van der Waals surface area (Å²) in [6.45, 7) is 1.87. The van der Waals surface area contributed by atoms with Gasteiger partial charge >= 0.3 is 0 Å². The van der Waals surface area contributed by atoms with Crippen LogP contribution in [-0.2, 0) is 32.6 Å². The second-order valence-electron chi connectivity index (χ2n) is 10.5. The monoisotopic (exact) mass is 707 g/mol. The van der Waals surface area contributed by atoms with Gasteiger partial charge in [-0.15, -0.1) is 0 Å². The Morgan fingerprint density at radius 3 is 2.11 bits per heavy atom. The van der Waals surface area contributed by atoms with Gasteiger partial charge in [0, 0.05) is 24.0 Å². The molecule has 2 amide bonds. The normalized spacial score (nSPS) is 11.7. The first-order valence-electron chi connectivity index (χ1n) is 14.8. The number of carbonyl (C=O) groups is 2. The van der Waals surface area contributed by atoms with Gasteiger partial charge in [-0.05, 0) is 66.1 Å². The Hall–Kier alpha value is -4.35. The fourth-order valence-corrected chi connectivity index (χ4v) is 6.62. The molecule has 0 aromatic heterocycles. The highest BCUT2D eigenvalue weighted by atomic mass is 79.9. The van der Waals surface area contributed by atoms with Crippen molar-refractivity contribution in [2.45, 2.75) is 37.2 Å². The van der Waals surface area contributed by atoms with E-state index < -0.39 is 28.5 Å². The molecule has 11 heteroatoms. The fourth-order valence-electron chi connectivity index (χ4n) is 4.93. The molecule has 0 aliphatic heterocycles. The molecule has 0 saturated heterocycles. The highest BCUT2D eigenvalue weighted by molar-refractivity contribution is 9.10. The molecule has 46 heavy (non-hydrogen) atoms. The maximum atomic E-state index is 14.6. The molecule has 0 aliphatic carbocycles. The Morgan fingerprint density at radius 1 is 0.826 bits per heavy atom. The molecule has 0 saturated carbocycles. The maximum absolute atomic E-state index is 14.6. The molecule has 4 aromatic carbocycles. The summed E-state index contributed by atoms with van der Waals surface area (Å²) in [5.74, 6) is -0.119. The molecule has 0 radical (unpaired) electrons. The summed E-state index contributed by atoms with van der Waals surface area (Å²) < 4.78 is 41.2. The first-order valence-corrected chi connectivity index (χ1v) is 17.1. The van der Waals surface area contributed by atoms with Crippen LogP contribution in [0.25, 0.3) is 0 Å². The smallest absolute Gasteiger partial charge is 0.264 e. The molecule has 9 nitrogen and oxygen atoms in total. The van der Waals surface area contributed by atoms with Crippen LogP contribution < -0.4 is 19.1 Å². The zero-order chi connectivity index (χ0) is 33.1. The third-order valence-corrected chi connectivity index (χ3v) is 9.67. The highest BCUT2D eigenvalue weighted by Gasteiger charge is 2.35. The summed E-state index contributed by atoms with van der Waals surface area (Å²) in [5, 5.41) is 2.95. The molecular formula is C35H38BrN3O6S. The van der Waals surface area contributed by atoms with Gasteiger partial charge in [-0.25, -0.2) is 8.42 Å². The summed E-state index contributed by atoms with van der Waals surface area (Å²) in [4.78, 5) is 29.7. The van der Waals surface area contributed by atoms with Gasteiger partial charge in [0.15, 0.2) is 0 Å². The topological polar surface area (TPSA) is 105 Å². The molecule has 1 atom stereocenters. The Balaban J connectivity index is 1.82. The fraction of sp³-hybridized carbons (Fsp3) is 0.257. The van der Waals surface area contributed by atoms with E-state index in [1.165, 1.54) is 31.3 Å². The van der Waals surface area contributed by atoms with E-state index in [2.05, 4.69) is 21.2 Å². The van der Waals surface area contributed by atoms with Crippen molar-refractivity contribution >= 4 is 43.5 Å². The molecule has 0 bridgehead atoms. The number of hydrogen-bond donors (Lipinski definition) is 1. The summed E-state index contributed by atoms with van der Waals surface area (Å²) >= 11 is 3.45. The van der Waals surface area contributed by atoms with Gasteiger partial charge in [0.2, 0.25) is 11.8 Å². The lowest BCUT2D eigenvalue weighted by atomic mass is 10.0. The summed E-state index contributed by atoms with van der Waals surface area (Å²) in [5.41, 5.74) is 1.83. The summed E-state index contributed by atoms with van der Waals surface area (Å²) in [7, 11) is -1.37. The number of para-hydroxylation sites is 2. The molecule has 4 rings (SSSR count). The molecule has 0 heterocycles. The lowest BCUT2D eigenvalue weighted by molar-refractivity contribution is -0.140. The Kier molecular flexibility index (Phi) is 12.2. The number of amides is 2. The molecule has 0 aliphatic rings. The van der Waals surface area contributed by atoms with Crippen LogP contribution in [0.5, 0.6) is 11.5 Å². The van der Waals surface area contributed by atoms with Crippen LogP contribution in [0.1, 0.15) is 24.5 Å². The van der Waals surface area contributed by atoms with Crippen molar-refractivity contribution in [3.63, 3.8) is 0 Å². The minimum absolute atomic E-state index is 0.0343. The lowest BCUT2D eigenvalue weighted by Crippen LogP contribution is -2.53. The zero-order valence-electron chi connectivity index (χ0n) is 26.1. The van der Waals surface area contributed by atoms with Crippen LogP contribution >= 0.6 is 15.9 Å². The minimum atomic E-state index is -4.29. The van der Waals surface area contributed by atoms with Crippen LogP contribution in [0, 0.1) is 0 Å². The van der Waals surface area contributed by atoms with E-state index in [0.717, 1.165) is 19.9 Å². The van der Waals surface area contributed by atoms with E-state index in [1.54, 1.807) is 36.4 Å². The number of rotatable bonds is 15. The predicted octanol–water partition coefficient (Wildman–Crippen LogP) is 5.83. The Morgan fingerprint density at radius 2 is 1.48 bits per heavy atom. The van der Waals surface area contributed by atoms with Crippen molar-refractivity contribution in [2.75, 3.05) is 31.6 Å². The number of sulfonamides is 1. The van der Waals surface area contributed by atoms with Crippen molar-refractivity contribution < 1.29 is 27.5 Å². The number of methoxy groups -OCH3 is 2. The average molecular weight is 709 g/mol. The largest absolute Gasteiger partial charge is 0.497 e. The van der Waals surface area contributed by atoms with Crippen molar-refractivity contribution in [3.05, 3.63) is 119 Å². The summed E-state index contributed by atoms with van der Waals surface area (Å²) in [6.07, 6.45) is 0.949. The van der Waals surface area contributed by atoms with Gasteiger partial charge in [0.25, 0.3) is 10.0 Å². The molecule has 0 fully saturated rings. The molecular weight excluding hydrogens is 670 g/mol. The number of benzene rings is 4. The van der Waals surface area contributed by atoms with Crippen LogP contribution in [0.3, 0.4) is 0 Å². The van der Waals surface area contributed by atoms with Crippen LogP contribution in [0.4, 0.5) is 5.69 Å². The molecule has 1 N–H and O–H groups in total. The molecule has 4 aromatic rings. The second-order valence-corrected chi connectivity index (χ2v) is 13.3. The number of halogens is 1. The van der Waals surface area contributed by atoms with E-state index >= 15 is 0 Å². The lowest BCUT2D eigenvalue weighted by Gasteiger charge is -2.34. The SMILES string of the molecule is CCCNC(=O)C(Cc1ccccc1)N(Cc1ccc(Br)cc1)C(=O)CN(c1ccccc1OC)S(=O)(=O)c1ccc(OC)cc1. The van der Waals surface area contributed by atoms with Crippen molar-refractivity contribution in [3.8, 4) is 11.5 Å². The van der Waals surface area contributed by atoms with Gasteiger partial charge in [0.05, 0.1) is 24.8 Å². The number of hydrogen-bond acceptors (Lipinski definition) is 6. The van der Waals surface area contributed by atoms with Crippen molar-refractivity contribution in [1.82, 2.24) is 10.2 Å². The predicted molar refractivity (Wildman–Crippen MR) is 182 cm³/mol. The highest BCUT2D eigenvalue weighted by Crippen LogP contribution is 2.33. The number of ether oxygens (including phenoxy) is 2. The number of anilines is 1. The van der Waals surface area contributed by atoms with Crippen molar-refractivity contribution in [2.24, 2.45) is 0 Å². The molecule has 1 unspecified atom stereocenters. The minimum Gasteiger partial charge on any atom is -0.497 e.